The van der Waals surface area contributed by atoms with Gasteiger partial charge in [-0.05, 0) is 12.1 Å². The highest BCUT2D eigenvalue weighted by Crippen LogP contribution is 2.07. The highest BCUT2D eigenvalue weighted by Gasteiger charge is 2.14. The number of nitrogens with two attached hydrogens (primary N) is 1. The van der Waals surface area contributed by atoms with Crippen molar-refractivity contribution in [3.05, 3.63) is 35.4 Å². The van der Waals surface area contributed by atoms with Crippen LogP contribution in [0.2, 0.25) is 0 Å². The van der Waals surface area contributed by atoms with E-state index in [9.17, 15) is 4.79 Å². The standard InChI is InChI=1S/C12H16N2O3S/c13-11(18)9-1-3-10(4-2-9)12(17)14(5-7-15)6-8-16/h1-4,15-16H,5-8H2,(H2,13,18). The summed E-state index contributed by atoms with van der Waals surface area (Å²) in [7, 11) is 0. The Kier molecular flexibility index (Phi) is 5.70. The van der Waals surface area contributed by atoms with Crippen LogP contribution >= 0.6 is 12.2 Å². The number of aliphatic hydroxyl groups excluding tert-OH is 2. The third-order valence-corrected chi connectivity index (χ3v) is 2.68. The molecule has 0 bridgehead atoms. The number of hydrogen-bond donors (Lipinski definition) is 3. The van der Waals surface area contributed by atoms with Gasteiger partial charge in [0.1, 0.15) is 4.99 Å². The number of thiocarbonyl (C=S) groups is 1. The van der Waals surface area contributed by atoms with Gasteiger partial charge in [-0.1, -0.05) is 24.4 Å². The van der Waals surface area contributed by atoms with E-state index >= 15 is 0 Å². The maximum Gasteiger partial charge on any atom is 0.254 e. The molecule has 0 saturated heterocycles. The Labute approximate surface area is 111 Å². The molecule has 1 amide bonds. The van der Waals surface area contributed by atoms with Crippen LogP contribution in [-0.2, 0) is 0 Å². The molecule has 5 nitrogen and oxygen atoms in total. The minimum Gasteiger partial charge on any atom is -0.395 e. The zero-order valence-electron chi connectivity index (χ0n) is 9.87. The summed E-state index contributed by atoms with van der Waals surface area (Å²) >= 11 is 4.82. The van der Waals surface area contributed by atoms with E-state index in [-0.39, 0.29) is 37.2 Å². The Morgan fingerprint density at radius 2 is 1.56 bits per heavy atom. The topological polar surface area (TPSA) is 86.8 Å². The molecule has 0 aliphatic heterocycles. The zero-order chi connectivity index (χ0) is 13.5. The fraction of sp³-hybridized carbons (Fsp3) is 0.333. The second kappa shape index (κ2) is 7.05. The first kappa shape index (κ1) is 14.6. The van der Waals surface area contributed by atoms with E-state index in [1.807, 2.05) is 0 Å². The fourth-order valence-electron chi connectivity index (χ4n) is 1.52. The van der Waals surface area contributed by atoms with Crippen LogP contribution in [0.15, 0.2) is 24.3 Å². The number of rotatable bonds is 6. The summed E-state index contributed by atoms with van der Waals surface area (Å²) in [5, 5.41) is 17.7. The molecule has 1 aromatic rings. The molecule has 0 fully saturated rings. The van der Waals surface area contributed by atoms with Crippen LogP contribution in [0.25, 0.3) is 0 Å². The Morgan fingerprint density at radius 1 is 1.11 bits per heavy atom. The molecule has 1 aromatic carbocycles. The number of hydrogen-bond acceptors (Lipinski definition) is 4. The molecule has 0 radical (unpaired) electrons. The highest BCUT2D eigenvalue weighted by atomic mass is 32.1. The van der Waals surface area contributed by atoms with Gasteiger partial charge in [-0.3, -0.25) is 4.79 Å². The van der Waals surface area contributed by atoms with E-state index in [2.05, 4.69) is 0 Å². The highest BCUT2D eigenvalue weighted by molar-refractivity contribution is 7.80. The number of carbonyl (C=O) groups is 1. The van der Waals surface area contributed by atoms with Gasteiger partial charge < -0.3 is 20.8 Å². The van der Waals surface area contributed by atoms with Gasteiger partial charge in [0.05, 0.1) is 13.2 Å². The van der Waals surface area contributed by atoms with Crippen molar-refractivity contribution in [1.29, 1.82) is 0 Å². The van der Waals surface area contributed by atoms with Crippen molar-refractivity contribution in [2.45, 2.75) is 0 Å². The molecule has 1 rings (SSSR count). The Hall–Kier alpha value is -1.50. The monoisotopic (exact) mass is 268 g/mol. The van der Waals surface area contributed by atoms with Crippen molar-refractivity contribution >= 4 is 23.1 Å². The maximum atomic E-state index is 12.0. The third kappa shape index (κ3) is 3.76. The van der Waals surface area contributed by atoms with E-state index in [4.69, 9.17) is 28.2 Å². The second-order valence-corrected chi connectivity index (χ2v) is 4.12. The molecule has 0 saturated carbocycles. The number of benzene rings is 1. The van der Waals surface area contributed by atoms with Crippen LogP contribution in [-0.4, -0.2) is 52.3 Å². The van der Waals surface area contributed by atoms with E-state index in [1.54, 1.807) is 24.3 Å². The normalized spacial score (nSPS) is 10.1. The number of amides is 1. The lowest BCUT2D eigenvalue weighted by Crippen LogP contribution is -2.35. The summed E-state index contributed by atoms with van der Waals surface area (Å²) in [4.78, 5) is 13.7. The Balaban J connectivity index is 2.84. The number of nitrogens with zero attached hydrogens (tertiary/aromatic N) is 1. The predicted octanol–water partition coefficient (Wildman–Crippen LogP) is -0.252. The van der Waals surface area contributed by atoms with Gasteiger partial charge in [0.25, 0.3) is 5.91 Å². The SMILES string of the molecule is NC(=S)c1ccc(C(=O)N(CCO)CCO)cc1. The van der Waals surface area contributed by atoms with Crippen molar-refractivity contribution < 1.29 is 15.0 Å². The average Bonchev–Trinajstić information content (AvgIpc) is 2.38. The molecule has 0 heterocycles. The first-order valence-corrected chi connectivity index (χ1v) is 5.92. The van der Waals surface area contributed by atoms with E-state index in [0.29, 0.717) is 11.1 Å². The van der Waals surface area contributed by atoms with Crippen molar-refractivity contribution in [2.24, 2.45) is 5.73 Å². The van der Waals surface area contributed by atoms with Gasteiger partial charge in [0.15, 0.2) is 0 Å². The maximum absolute atomic E-state index is 12.0. The van der Waals surface area contributed by atoms with Crippen molar-refractivity contribution in [3.8, 4) is 0 Å². The summed E-state index contributed by atoms with van der Waals surface area (Å²) in [6.07, 6.45) is 0. The van der Waals surface area contributed by atoms with Gasteiger partial charge in [-0.15, -0.1) is 0 Å². The largest absolute Gasteiger partial charge is 0.395 e. The Bertz CT molecular complexity index is 414. The summed E-state index contributed by atoms with van der Waals surface area (Å²) in [6, 6.07) is 6.59. The molecule has 98 valence electrons. The molecule has 0 aliphatic carbocycles. The van der Waals surface area contributed by atoms with Gasteiger partial charge in [0, 0.05) is 24.2 Å². The van der Waals surface area contributed by atoms with Crippen LogP contribution in [0.4, 0.5) is 0 Å². The van der Waals surface area contributed by atoms with Crippen LogP contribution in [0.5, 0.6) is 0 Å². The lowest BCUT2D eigenvalue weighted by molar-refractivity contribution is 0.0685. The first-order valence-electron chi connectivity index (χ1n) is 5.51. The van der Waals surface area contributed by atoms with Gasteiger partial charge in [-0.25, -0.2) is 0 Å². The van der Waals surface area contributed by atoms with E-state index < -0.39 is 0 Å². The van der Waals surface area contributed by atoms with Crippen LogP contribution in [0.1, 0.15) is 15.9 Å². The van der Waals surface area contributed by atoms with Crippen molar-refractivity contribution in [3.63, 3.8) is 0 Å². The average molecular weight is 268 g/mol. The first-order chi connectivity index (χ1) is 8.60. The summed E-state index contributed by atoms with van der Waals surface area (Å²) in [6.45, 7) is 0.0975. The molecule has 18 heavy (non-hydrogen) atoms. The molecule has 0 atom stereocenters. The summed E-state index contributed by atoms with van der Waals surface area (Å²) < 4.78 is 0. The summed E-state index contributed by atoms with van der Waals surface area (Å²) in [5.41, 5.74) is 6.63. The fourth-order valence-corrected chi connectivity index (χ4v) is 1.65. The quantitative estimate of drug-likeness (QED) is 0.619. The van der Waals surface area contributed by atoms with Crippen molar-refractivity contribution in [2.75, 3.05) is 26.3 Å². The molecule has 0 aliphatic rings. The lowest BCUT2D eigenvalue weighted by Gasteiger charge is -2.20. The van der Waals surface area contributed by atoms with Gasteiger partial charge in [-0.2, -0.15) is 0 Å². The minimum absolute atomic E-state index is 0.142. The van der Waals surface area contributed by atoms with E-state index in [0.717, 1.165) is 0 Å². The third-order valence-electron chi connectivity index (χ3n) is 2.44. The molecular weight excluding hydrogens is 252 g/mol. The molecule has 4 N–H and O–H groups in total. The number of carbonyl (C=O) groups excluding carboxylic acids is 1. The molecule has 6 heteroatoms. The van der Waals surface area contributed by atoms with Gasteiger partial charge >= 0.3 is 0 Å². The van der Waals surface area contributed by atoms with E-state index in [1.165, 1.54) is 4.90 Å². The minimum atomic E-state index is -0.243. The van der Waals surface area contributed by atoms with Crippen LogP contribution in [0.3, 0.4) is 0 Å². The van der Waals surface area contributed by atoms with Crippen LogP contribution < -0.4 is 5.73 Å². The predicted molar refractivity (Wildman–Crippen MR) is 72.4 cm³/mol. The molecular formula is C12H16N2O3S. The van der Waals surface area contributed by atoms with Gasteiger partial charge in [0.2, 0.25) is 0 Å². The zero-order valence-corrected chi connectivity index (χ0v) is 10.7. The molecule has 0 spiro atoms. The van der Waals surface area contributed by atoms with Crippen LogP contribution in [0, 0.1) is 0 Å². The summed E-state index contributed by atoms with van der Waals surface area (Å²) in [5.74, 6) is -0.243. The lowest BCUT2D eigenvalue weighted by atomic mass is 10.1. The molecule has 0 unspecified atom stereocenters. The second-order valence-electron chi connectivity index (χ2n) is 3.68. The van der Waals surface area contributed by atoms with Crippen molar-refractivity contribution in [1.82, 2.24) is 4.90 Å². The Morgan fingerprint density at radius 3 is 1.94 bits per heavy atom. The molecule has 0 aromatic heterocycles. The smallest absolute Gasteiger partial charge is 0.254 e. The number of aliphatic hydroxyl groups is 2.